The van der Waals surface area contributed by atoms with Crippen LogP contribution in [0.5, 0.6) is 11.5 Å². The van der Waals surface area contributed by atoms with Gasteiger partial charge in [0.2, 0.25) is 30.4 Å². The largest absolute Gasteiger partial charge is 0.454 e. The van der Waals surface area contributed by atoms with Crippen molar-refractivity contribution in [2.75, 3.05) is 12.1 Å². The SMILES string of the molecule is NC(=O)CC1NC2(C(=O)Nc3ccccc32)C2C(=O)N(Cc3ccc4c(c3)OCO4)C(=O)C12. The summed E-state index contributed by atoms with van der Waals surface area (Å²) in [6, 6.07) is 11.5. The maximum atomic E-state index is 13.7. The van der Waals surface area contributed by atoms with Crippen LogP contribution in [-0.4, -0.2) is 41.4 Å². The van der Waals surface area contributed by atoms with E-state index in [9.17, 15) is 19.2 Å². The predicted molar refractivity (Wildman–Crippen MR) is 113 cm³/mol. The molecule has 10 nitrogen and oxygen atoms in total. The first-order valence-corrected chi connectivity index (χ1v) is 10.6. The molecule has 2 aromatic rings. The lowest BCUT2D eigenvalue weighted by Crippen LogP contribution is -2.53. The lowest BCUT2D eigenvalue weighted by atomic mass is 9.76. The van der Waals surface area contributed by atoms with E-state index in [0.29, 0.717) is 28.3 Å². The van der Waals surface area contributed by atoms with E-state index in [2.05, 4.69) is 10.6 Å². The Morgan fingerprint density at radius 3 is 2.70 bits per heavy atom. The van der Waals surface area contributed by atoms with E-state index in [4.69, 9.17) is 15.2 Å². The number of ether oxygens (including phenoxy) is 2. The van der Waals surface area contributed by atoms with E-state index in [1.807, 2.05) is 0 Å². The summed E-state index contributed by atoms with van der Waals surface area (Å²) in [4.78, 5) is 53.4. The van der Waals surface area contributed by atoms with E-state index in [1.54, 1.807) is 42.5 Å². The van der Waals surface area contributed by atoms with Gasteiger partial charge in [0.15, 0.2) is 11.5 Å². The van der Waals surface area contributed by atoms with Gasteiger partial charge >= 0.3 is 0 Å². The molecule has 6 rings (SSSR count). The highest BCUT2D eigenvalue weighted by molar-refractivity contribution is 6.15. The summed E-state index contributed by atoms with van der Waals surface area (Å²) in [7, 11) is 0. The fourth-order valence-corrected chi connectivity index (χ4v) is 5.59. The predicted octanol–water partition coefficient (Wildman–Crippen LogP) is 0.211. The Balaban J connectivity index is 1.41. The number of fused-ring (bicyclic) bond motifs is 5. The van der Waals surface area contributed by atoms with E-state index < -0.39 is 47.0 Å². The standard InChI is InChI=1S/C23H20N4O6/c24-17(28)8-14-18-19(23(26-14)12-3-1-2-4-13(12)25-22(23)31)21(30)27(20(18)29)9-11-5-6-15-16(7-11)33-10-32-15/h1-7,14,18-19,26H,8-10H2,(H2,24,28)(H,25,31). The lowest BCUT2D eigenvalue weighted by Gasteiger charge is -2.29. The number of amides is 4. The van der Waals surface area contributed by atoms with Crippen LogP contribution in [0.4, 0.5) is 5.69 Å². The van der Waals surface area contributed by atoms with Crippen molar-refractivity contribution in [1.82, 2.24) is 10.2 Å². The zero-order chi connectivity index (χ0) is 22.9. The number of anilines is 1. The first-order chi connectivity index (χ1) is 15.9. The maximum absolute atomic E-state index is 13.7. The molecule has 33 heavy (non-hydrogen) atoms. The van der Waals surface area contributed by atoms with Crippen LogP contribution in [0.1, 0.15) is 17.5 Å². The summed E-state index contributed by atoms with van der Waals surface area (Å²) in [6.45, 7) is 0.131. The van der Waals surface area contributed by atoms with Gasteiger partial charge in [-0.2, -0.15) is 0 Å². The van der Waals surface area contributed by atoms with Gasteiger partial charge in [-0.3, -0.25) is 29.4 Å². The number of carbonyl (C=O) groups excluding carboxylic acids is 4. The van der Waals surface area contributed by atoms with Crippen LogP contribution in [0, 0.1) is 11.8 Å². The van der Waals surface area contributed by atoms with Crippen molar-refractivity contribution in [2.45, 2.75) is 24.5 Å². The second kappa shape index (κ2) is 6.79. The normalized spacial score (nSPS) is 28.9. The zero-order valence-corrected chi connectivity index (χ0v) is 17.4. The summed E-state index contributed by atoms with van der Waals surface area (Å²) in [5, 5.41) is 5.98. The van der Waals surface area contributed by atoms with Crippen LogP contribution in [-0.2, 0) is 31.3 Å². The van der Waals surface area contributed by atoms with E-state index in [1.165, 1.54) is 0 Å². The average molecular weight is 448 g/mol. The summed E-state index contributed by atoms with van der Waals surface area (Å²) in [5.74, 6) is -2.69. The van der Waals surface area contributed by atoms with Crippen LogP contribution in [0.15, 0.2) is 42.5 Å². The molecule has 4 heterocycles. The number of carbonyl (C=O) groups is 4. The Morgan fingerprint density at radius 1 is 1.09 bits per heavy atom. The number of hydrogen-bond donors (Lipinski definition) is 3. The van der Waals surface area contributed by atoms with Gasteiger partial charge in [-0.15, -0.1) is 0 Å². The van der Waals surface area contributed by atoms with Crippen molar-refractivity contribution in [1.29, 1.82) is 0 Å². The van der Waals surface area contributed by atoms with E-state index in [0.717, 1.165) is 4.90 Å². The average Bonchev–Trinajstić information content (AvgIpc) is 3.50. The molecule has 4 unspecified atom stereocenters. The Bertz CT molecular complexity index is 1250. The lowest BCUT2D eigenvalue weighted by molar-refractivity contribution is -0.143. The van der Waals surface area contributed by atoms with Crippen molar-refractivity contribution < 1.29 is 28.7 Å². The number of hydrogen-bond acceptors (Lipinski definition) is 7. The molecule has 4 aliphatic rings. The number of imide groups is 1. The second-order valence-corrected chi connectivity index (χ2v) is 8.68. The van der Waals surface area contributed by atoms with Crippen molar-refractivity contribution in [2.24, 2.45) is 17.6 Å². The maximum Gasteiger partial charge on any atom is 0.250 e. The van der Waals surface area contributed by atoms with Gasteiger partial charge in [0, 0.05) is 23.7 Å². The molecule has 0 saturated carbocycles. The number of nitrogens with one attached hydrogen (secondary N) is 2. The van der Waals surface area contributed by atoms with Crippen molar-refractivity contribution in [3.05, 3.63) is 53.6 Å². The highest BCUT2D eigenvalue weighted by atomic mass is 16.7. The Hall–Kier alpha value is -3.92. The molecular formula is C23H20N4O6. The number of nitrogens with two attached hydrogens (primary N) is 1. The molecule has 4 amide bonds. The molecule has 0 aliphatic carbocycles. The van der Waals surface area contributed by atoms with Crippen LogP contribution >= 0.6 is 0 Å². The summed E-state index contributed by atoms with van der Waals surface area (Å²) in [5.41, 5.74) is 5.84. The monoisotopic (exact) mass is 448 g/mol. The van der Waals surface area contributed by atoms with Crippen LogP contribution in [0.3, 0.4) is 0 Å². The molecule has 0 aromatic heterocycles. The van der Waals surface area contributed by atoms with Gasteiger partial charge in [-0.25, -0.2) is 0 Å². The van der Waals surface area contributed by atoms with Crippen molar-refractivity contribution in [3.8, 4) is 11.5 Å². The van der Waals surface area contributed by atoms with E-state index >= 15 is 0 Å². The van der Waals surface area contributed by atoms with Gasteiger partial charge in [0.1, 0.15) is 5.54 Å². The molecule has 10 heteroatoms. The number of rotatable bonds is 4. The number of likely N-dealkylation sites (tertiary alicyclic amines) is 1. The molecule has 168 valence electrons. The van der Waals surface area contributed by atoms with Gasteiger partial charge in [0.25, 0.3) is 0 Å². The van der Waals surface area contributed by atoms with E-state index in [-0.39, 0.29) is 19.8 Å². The van der Waals surface area contributed by atoms with Crippen LogP contribution in [0.25, 0.3) is 0 Å². The third-order valence-electron chi connectivity index (χ3n) is 6.91. The molecule has 2 saturated heterocycles. The number of primary amides is 1. The summed E-state index contributed by atoms with van der Waals surface area (Å²) >= 11 is 0. The molecule has 4 atom stereocenters. The molecule has 0 radical (unpaired) electrons. The minimum atomic E-state index is -1.45. The number of benzene rings is 2. The Morgan fingerprint density at radius 2 is 1.88 bits per heavy atom. The zero-order valence-electron chi connectivity index (χ0n) is 17.4. The highest BCUT2D eigenvalue weighted by Gasteiger charge is 2.70. The third kappa shape index (κ3) is 2.64. The van der Waals surface area contributed by atoms with Gasteiger partial charge in [-0.1, -0.05) is 24.3 Å². The summed E-state index contributed by atoms with van der Waals surface area (Å²) < 4.78 is 10.7. The fourth-order valence-electron chi connectivity index (χ4n) is 5.59. The van der Waals surface area contributed by atoms with Crippen molar-refractivity contribution in [3.63, 3.8) is 0 Å². The smallest absolute Gasteiger partial charge is 0.250 e. The first kappa shape index (κ1) is 19.7. The quantitative estimate of drug-likeness (QED) is 0.568. The van der Waals surface area contributed by atoms with Crippen LogP contribution in [0.2, 0.25) is 0 Å². The van der Waals surface area contributed by atoms with Gasteiger partial charge in [-0.05, 0) is 23.8 Å². The highest BCUT2D eigenvalue weighted by Crippen LogP contribution is 2.53. The fraction of sp³-hybridized carbons (Fsp3) is 0.304. The minimum Gasteiger partial charge on any atom is -0.454 e. The molecule has 4 N–H and O–H groups in total. The first-order valence-electron chi connectivity index (χ1n) is 10.6. The molecular weight excluding hydrogens is 428 g/mol. The molecule has 1 spiro atoms. The van der Waals surface area contributed by atoms with Crippen LogP contribution < -0.4 is 25.8 Å². The molecule has 2 fully saturated rings. The topological polar surface area (TPSA) is 140 Å². The van der Waals surface area contributed by atoms with Gasteiger partial charge < -0.3 is 20.5 Å². The molecule has 4 aliphatic heterocycles. The minimum absolute atomic E-state index is 0.0178. The molecule has 2 aromatic carbocycles. The van der Waals surface area contributed by atoms with Crippen molar-refractivity contribution >= 4 is 29.3 Å². The number of nitrogens with zero attached hydrogens (tertiary/aromatic N) is 1. The second-order valence-electron chi connectivity index (χ2n) is 8.68. The number of para-hydroxylation sites is 1. The third-order valence-corrected chi connectivity index (χ3v) is 6.91. The summed E-state index contributed by atoms with van der Waals surface area (Å²) in [6.07, 6.45) is -0.171. The molecule has 0 bridgehead atoms. The Labute approximate surface area is 188 Å². The Kier molecular flexibility index (Phi) is 4.06. The van der Waals surface area contributed by atoms with Gasteiger partial charge in [0.05, 0.1) is 18.4 Å².